The maximum atomic E-state index is 12.3. The molecule has 0 bridgehead atoms. The third kappa shape index (κ3) is 3.80. The van der Waals surface area contributed by atoms with Crippen LogP contribution in [0.1, 0.15) is 23.2 Å². The fourth-order valence-corrected chi connectivity index (χ4v) is 3.49. The fraction of sp³-hybridized carbons (Fsp3) is 0.353. The smallest absolute Gasteiger partial charge is 0.301 e. The summed E-state index contributed by atoms with van der Waals surface area (Å²) in [5.41, 5.74) is 1.18. The lowest BCUT2D eigenvalue weighted by molar-refractivity contribution is 0.0988. The molecule has 0 N–H and O–H groups in total. The Morgan fingerprint density at radius 2 is 2.24 bits per heavy atom. The average molecular weight is 361 g/mol. The number of carbonyl (C=O) groups excluding carboxylic acids is 1. The second-order valence-corrected chi connectivity index (χ2v) is 6.34. The second kappa shape index (κ2) is 7.62. The summed E-state index contributed by atoms with van der Waals surface area (Å²) in [4.78, 5) is 17.2. The van der Waals surface area contributed by atoms with E-state index in [9.17, 15) is 4.79 Å². The molecular formula is C17H19N3O4S. The highest BCUT2D eigenvalue weighted by Crippen LogP contribution is 2.23. The lowest BCUT2D eigenvalue weighted by Crippen LogP contribution is -2.19. The van der Waals surface area contributed by atoms with Crippen LogP contribution in [0.25, 0.3) is 10.2 Å². The Kier molecular flexibility index (Phi) is 5.30. The molecule has 0 aliphatic rings. The van der Waals surface area contributed by atoms with Crippen molar-refractivity contribution >= 4 is 27.5 Å². The standard InChI is InChI=1S/C17H19N3O4S/c1-4-23-12-5-6-14-15(10-12)25-17(20(14)7-8-22-3)18-16(21)13-9-11(2)24-19-13/h5-6,9-10H,4,7-8H2,1-3H3. The van der Waals surface area contributed by atoms with Crippen molar-refractivity contribution in [2.45, 2.75) is 20.4 Å². The molecule has 1 amide bonds. The summed E-state index contributed by atoms with van der Waals surface area (Å²) in [5.74, 6) is 0.934. The number of nitrogens with zero attached hydrogens (tertiary/aromatic N) is 3. The van der Waals surface area contributed by atoms with Gasteiger partial charge in [-0.15, -0.1) is 0 Å². The molecule has 0 saturated carbocycles. The molecule has 132 valence electrons. The summed E-state index contributed by atoms with van der Waals surface area (Å²) in [6.07, 6.45) is 0. The molecule has 0 spiro atoms. The molecule has 0 aliphatic heterocycles. The molecule has 2 heterocycles. The van der Waals surface area contributed by atoms with Gasteiger partial charge in [-0.25, -0.2) is 0 Å². The van der Waals surface area contributed by atoms with Crippen LogP contribution in [-0.2, 0) is 11.3 Å². The van der Waals surface area contributed by atoms with Crippen molar-refractivity contribution in [1.29, 1.82) is 0 Å². The van der Waals surface area contributed by atoms with Gasteiger partial charge in [-0.2, -0.15) is 4.99 Å². The summed E-state index contributed by atoms with van der Waals surface area (Å²) < 4.78 is 18.6. The van der Waals surface area contributed by atoms with Gasteiger partial charge in [0, 0.05) is 19.7 Å². The molecule has 8 heteroatoms. The van der Waals surface area contributed by atoms with E-state index < -0.39 is 5.91 Å². The van der Waals surface area contributed by atoms with Crippen molar-refractivity contribution in [3.05, 3.63) is 40.5 Å². The number of aromatic nitrogens is 2. The maximum Gasteiger partial charge on any atom is 0.301 e. The Hall–Kier alpha value is -2.45. The maximum absolute atomic E-state index is 12.3. The van der Waals surface area contributed by atoms with Crippen LogP contribution in [0.4, 0.5) is 0 Å². The number of hydrogen-bond acceptors (Lipinski definition) is 6. The van der Waals surface area contributed by atoms with E-state index >= 15 is 0 Å². The number of fused-ring (bicyclic) bond motifs is 1. The van der Waals surface area contributed by atoms with Crippen LogP contribution in [-0.4, -0.2) is 36.0 Å². The van der Waals surface area contributed by atoms with Crippen LogP contribution in [0.15, 0.2) is 33.8 Å². The Balaban J connectivity index is 2.08. The van der Waals surface area contributed by atoms with Gasteiger partial charge < -0.3 is 18.6 Å². The molecule has 0 fully saturated rings. The Bertz CT molecular complexity index is 954. The monoisotopic (exact) mass is 361 g/mol. The SMILES string of the molecule is CCOc1ccc2c(c1)sc(=NC(=O)c1cc(C)on1)n2CCOC. The highest BCUT2D eigenvalue weighted by Gasteiger charge is 2.13. The first-order valence-corrected chi connectivity index (χ1v) is 8.71. The molecule has 0 radical (unpaired) electrons. The number of amides is 1. The number of methoxy groups -OCH3 is 1. The average Bonchev–Trinajstić information content (AvgIpc) is 3.16. The van der Waals surface area contributed by atoms with Gasteiger partial charge in [-0.05, 0) is 32.0 Å². The first kappa shape index (κ1) is 17.4. The van der Waals surface area contributed by atoms with E-state index in [0.29, 0.717) is 30.3 Å². The van der Waals surface area contributed by atoms with E-state index in [2.05, 4.69) is 10.1 Å². The van der Waals surface area contributed by atoms with E-state index in [1.54, 1.807) is 20.1 Å². The van der Waals surface area contributed by atoms with Gasteiger partial charge >= 0.3 is 5.91 Å². The van der Waals surface area contributed by atoms with Gasteiger partial charge in [0.25, 0.3) is 0 Å². The van der Waals surface area contributed by atoms with Crippen molar-refractivity contribution in [3.63, 3.8) is 0 Å². The van der Waals surface area contributed by atoms with E-state index in [1.165, 1.54) is 11.3 Å². The zero-order chi connectivity index (χ0) is 17.8. The van der Waals surface area contributed by atoms with Crippen LogP contribution in [0.2, 0.25) is 0 Å². The Morgan fingerprint density at radius 1 is 1.40 bits per heavy atom. The fourth-order valence-electron chi connectivity index (χ4n) is 2.41. The van der Waals surface area contributed by atoms with Gasteiger partial charge in [-0.3, -0.25) is 4.79 Å². The van der Waals surface area contributed by atoms with E-state index in [4.69, 9.17) is 14.0 Å². The van der Waals surface area contributed by atoms with Gasteiger partial charge in [0.05, 0.1) is 23.4 Å². The second-order valence-electron chi connectivity index (χ2n) is 5.33. The predicted molar refractivity (Wildman–Crippen MR) is 94.0 cm³/mol. The van der Waals surface area contributed by atoms with E-state index in [0.717, 1.165) is 16.0 Å². The number of benzene rings is 1. The predicted octanol–water partition coefficient (Wildman–Crippen LogP) is 2.79. The van der Waals surface area contributed by atoms with Crippen LogP contribution in [0.5, 0.6) is 5.75 Å². The quantitative estimate of drug-likeness (QED) is 0.674. The zero-order valence-corrected chi connectivity index (χ0v) is 15.1. The first-order valence-electron chi connectivity index (χ1n) is 7.90. The summed E-state index contributed by atoms with van der Waals surface area (Å²) in [6, 6.07) is 7.41. The molecule has 2 aromatic heterocycles. The molecule has 7 nitrogen and oxygen atoms in total. The lowest BCUT2D eigenvalue weighted by atomic mass is 10.3. The molecule has 0 saturated heterocycles. The zero-order valence-electron chi connectivity index (χ0n) is 14.3. The summed E-state index contributed by atoms with van der Waals surface area (Å²) in [7, 11) is 1.64. The van der Waals surface area contributed by atoms with Crippen molar-refractivity contribution in [2.24, 2.45) is 4.99 Å². The summed E-state index contributed by atoms with van der Waals surface area (Å²) in [6.45, 7) is 5.38. The molecule has 25 heavy (non-hydrogen) atoms. The normalized spacial score (nSPS) is 12.0. The van der Waals surface area contributed by atoms with Gasteiger partial charge in [0.15, 0.2) is 10.5 Å². The number of aryl methyl sites for hydroxylation is 1. The molecular weight excluding hydrogens is 342 g/mol. The number of hydrogen-bond donors (Lipinski definition) is 0. The number of ether oxygens (including phenoxy) is 2. The van der Waals surface area contributed by atoms with Crippen LogP contribution < -0.4 is 9.54 Å². The molecule has 0 atom stereocenters. The minimum absolute atomic E-state index is 0.197. The first-order chi connectivity index (χ1) is 12.1. The van der Waals surface area contributed by atoms with Gasteiger partial charge in [-0.1, -0.05) is 16.5 Å². The van der Waals surface area contributed by atoms with Crippen molar-refractivity contribution in [2.75, 3.05) is 20.3 Å². The van der Waals surface area contributed by atoms with Crippen LogP contribution in [0.3, 0.4) is 0 Å². The Morgan fingerprint density at radius 3 is 2.92 bits per heavy atom. The van der Waals surface area contributed by atoms with Crippen molar-refractivity contribution < 1.29 is 18.8 Å². The summed E-state index contributed by atoms with van der Waals surface area (Å²) in [5, 5.41) is 3.73. The topological polar surface area (TPSA) is 78.9 Å². The number of carbonyl (C=O) groups is 1. The lowest BCUT2D eigenvalue weighted by Gasteiger charge is -2.05. The van der Waals surface area contributed by atoms with E-state index in [1.807, 2.05) is 29.7 Å². The number of thiazole rings is 1. The van der Waals surface area contributed by atoms with Gasteiger partial charge in [0.1, 0.15) is 11.5 Å². The van der Waals surface area contributed by atoms with E-state index in [-0.39, 0.29) is 5.69 Å². The number of rotatable bonds is 6. The minimum Gasteiger partial charge on any atom is -0.494 e. The summed E-state index contributed by atoms with van der Waals surface area (Å²) >= 11 is 1.43. The Labute approximate surface area is 148 Å². The molecule has 3 rings (SSSR count). The molecule has 0 unspecified atom stereocenters. The third-order valence-corrected chi connectivity index (χ3v) is 4.57. The van der Waals surface area contributed by atoms with Crippen molar-refractivity contribution in [3.8, 4) is 5.75 Å². The van der Waals surface area contributed by atoms with Crippen LogP contribution in [0, 0.1) is 6.92 Å². The van der Waals surface area contributed by atoms with Crippen LogP contribution >= 0.6 is 11.3 Å². The van der Waals surface area contributed by atoms with Crippen molar-refractivity contribution in [1.82, 2.24) is 9.72 Å². The largest absolute Gasteiger partial charge is 0.494 e. The molecule has 0 aliphatic carbocycles. The highest BCUT2D eigenvalue weighted by molar-refractivity contribution is 7.16. The molecule has 1 aromatic carbocycles. The minimum atomic E-state index is -0.431. The molecule has 3 aromatic rings. The van der Waals surface area contributed by atoms with Gasteiger partial charge in [0.2, 0.25) is 0 Å². The third-order valence-electron chi connectivity index (χ3n) is 3.53. The highest BCUT2D eigenvalue weighted by atomic mass is 32.1.